The highest BCUT2D eigenvalue weighted by Gasteiger charge is 2.59. The van der Waals surface area contributed by atoms with Crippen molar-refractivity contribution >= 4 is 18.5 Å². The number of allylic oxidation sites excluding steroid dienone is 4. The van der Waals surface area contributed by atoms with Gasteiger partial charge in [-0.1, -0.05) is 58.4 Å². The molecule has 0 aromatic rings. The smallest absolute Gasteiger partial charge is 0.313 e. The summed E-state index contributed by atoms with van der Waals surface area (Å²) in [5, 5.41) is 20.8. The van der Waals surface area contributed by atoms with Gasteiger partial charge in [-0.15, -0.1) is 0 Å². The largest absolute Gasteiger partial charge is 0.481 e. The first-order valence-corrected chi connectivity index (χ1v) is 12.4. The third-order valence-electron chi connectivity index (χ3n) is 9.29. The van der Waals surface area contributed by atoms with E-state index >= 15 is 0 Å². The van der Waals surface area contributed by atoms with E-state index in [0.717, 1.165) is 18.1 Å². The lowest BCUT2D eigenvalue weighted by Crippen LogP contribution is -2.42. The van der Waals surface area contributed by atoms with Crippen molar-refractivity contribution in [3.05, 3.63) is 34.9 Å². The molecule has 0 aliphatic heterocycles. The summed E-state index contributed by atoms with van der Waals surface area (Å²) in [5.41, 5.74) is 0.361. The fourth-order valence-corrected chi connectivity index (χ4v) is 6.58. The first kappa shape index (κ1) is 25.6. The molecular formula is C28H40O5. The Hall–Kier alpha value is -2.01. The molecule has 8 unspecified atom stereocenters. The van der Waals surface area contributed by atoms with Crippen LogP contribution in [-0.2, 0) is 14.4 Å². The lowest BCUT2D eigenvalue weighted by Gasteiger charge is -2.41. The summed E-state index contributed by atoms with van der Waals surface area (Å²) >= 11 is 0. The monoisotopic (exact) mass is 456 g/mol. The molecule has 5 heteroatoms. The molecule has 0 aromatic heterocycles. The van der Waals surface area contributed by atoms with Gasteiger partial charge in [0.15, 0.2) is 0 Å². The van der Waals surface area contributed by atoms with Crippen LogP contribution in [0, 0.1) is 46.3 Å². The van der Waals surface area contributed by atoms with E-state index in [1.807, 2.05) is 13.0 Å². The van der Waals surface area contributed by atoms with Gasteiger partial charge in [0.25, 0.3) is 0 Å². The number of hydrogen-bond donors (Lipinski definition) is 2. The van der Waals surface area contributed by atoms with E-state index in [1.165, 1.54) is 0 Å². The summed E-state index contributed by atoms with van der Waals surface area (Å²) in [5.74, 6) is -1.17. The van der Waals surface area contributed by atoms with Gasteiger partial charge < -0.3 is 15.0 Å². The Labute approximate surface area is 198 Å². The Morgan fingerprint density at radius 2 is 1.82 bits per heavy atom. The van der Waals surface area contributed by atoms with Crippen LogP contribution < -0.4 is 0 Å². The predicted octanol–water partition coefficient (Wildman–Crippen LogP) is 5.00. The highest BCUT2D eigenvalue weighted by molar-refractivity contribution is 5.86. The highest BCUT2D eigenvalue weighted by Crippen LogP contribution is 2.62. The minimum Gasteiger partial charge on any atom is -0.481 e. The standard InChI is InChI=1S/C28H40O5/c1-16(2)17(3)7-8-18(4)21-9-10-22(28(21,6)26(32)33)25-20(14-29)23-13-19(31)11-12-27(23,5)24(25)15-30/h7-8,10,14-19,21,24-25,31H,9,11-13H2,1-6H3,(H,32,33). The number of aldehydes is 2. The lowest BCUT2D eigenvalue weighted by atomic mass is 9.62. The Morgan fingerprint density at radius 1 is 1.15 bits per heavy atom. The van der Waals surface area contributed by atoms with Gasteiger partial charge in [0.2, 0.25) is 0 Å². The summed E-state index contributed by atoms with van der Waals surface area (Å²) in [4.78, 5) is 37.6. The summed E-state index contributed by atoms with van der Waals surface area (Å²) < 4.78 is 0. The SMILES string of the molecule is CC(C)C(C)C=CC(C)C1CC=C(C2C(C=O)=C3CC(O)CCC3(C)C2C=O)C1(C)C(=O)O. The summed E-state index contributed by atoms with van der Waals surface area (Å²) in [7, 11) is 0. The van der Waals surface area contributed by atoms with E-state index in [1.54, 1.807) is 6.92 Å². The van der Waals surface area contributed by atoms with E-state index in [4.69, 9.17) is 0 Å². The van der Waals surface area contributed by atoms with Crippen LogP contribution in [0.2, 0.25) is 0 Å². The van der Waals surface area contributed by atoms with Crippen molar-refractivity contribution in [1.29, 1.82) is 0 Å². The fraction of sp³-hybridized carbons (Fsp3) is 0.679. The number of aliphatic hydroxyl groups is 1. The number of carbonyl (C=O) groups excluding carboxylic acids is 2. The van der Waals surface area contributed by atoms with E-state index in [0.29, 0.717) is 48.7 Å². The molecular weight excluding hydrogens is 416 g/mol. The van der Waals surface area contributed by atoms with Crippen LogP contribution in [0.25, 0.3) is 0 Å². The average Bonchev–Trinajstić information content (AvgIpc) is 3.23. The maximum absolute atomic E-state index is 12.8. The summed E-state index contributed by atoms with van der Waals surface area (Å²) in [6.45, 7) is 12.3. The molecule has 0 bridgehead atoms. The number of hydrogen-bond acceptors (Lipinski definition) is 4. The summed E-state index contributed by atoms with van der Waals surface area (Å²) in [6, 6.07) is 0. The highest BCUT2D eigenvalue weighted by atomic mass is 16.4. The molecule has 0 spiro atoms. The van der Waals surface area contributed by atoms with Crippen LogP contribution in [0.1, 0.15) is 67.2 Å². The molecule has 0 saturated heterocycles. The van der Waals surface area contributed by atoms with Crippen LogP contribution in [0.3, 0.4) is 0 Å². The molecule has 3 rings (SSSR count). The molecule has 0 radical (unpaired) electrons. The van der Waals surface area contributed by atoms with Gasteiger partial charge in [0.05, 0.1) is 11.5 Å². The van der Waals surface area contributed by atoms with Crippen LogP contribution in [-0.4, -0.2) is 34.9 Å². The van der Waals surface area contributed by atoms with Crippen molar-refractivity contribution in [2.75, 3.05) is 0 Å². The summed E-state index contributed by atoms with van der Waals surface area (Å²) in [6.07, 6.45) is 9.67. The zero-order chi connectivity index (χ0) is 24.7. The normalized spacial score (nSPS) is 38.4. The zero-order valence-corrected chi connectivity index (χ0v) is 20.9. The maximum atomic E-state index is 12.8. The van der Waals surface area contributed by atoms with Gasteiger partial charge in [0.1, 0.15) is 12.6 Å². The van der Waals surface area contributed by atoms with Crippen LogP contribution in [0.4, 0.5) is 0 Å². The molecule has 0 heterocycles. The molecule has 3 aliphatic rings. The van der Waals surface area contributed by atoms with Crippen molar-refractivity contribution in [3.63, 3.8) is 0 Å². The molecule has 1 saturated carbocycles. The third kappa shape index (κ3) is 4.07. The Bertz CT molecular complexity index is 896. The van der Waals surface area contributed by atoms with Gasteiger partial charge in [-0.25, -0.2) is 0 Å². The molecule has 0 aromatic carbocycles. The van der Waals surface area contributed by atoms with E-state index in [2.05, 4.69) is 39.8 Å². The zero-order valence-electron chi connectivity index (χ0n) is 20.9. The molecule has 182 valence electrons. The number of aliphatic carboxylic acids is 1. The third-order valence-corrected chi connectivity index (χ3v) is 9.29. The quantitative estimate of drug-likeness (QED) is 0.396. The van der Waals surface area contributed by atoms with Gasteiger partial charge in [0, 0.05) is 11.8 Å². The van der Waals surface area contributed by atoms with Gasteiger partial charge in [-0.2, -0.15) is 0 Å². The number of carbonyl (C=O) groups is 3. The predicted molar refractivity (Wildman–Crippen MR) is 128 cm³/mol. The minimum absolute atomic E-state index is 0.0316. The first-order chi connectivity index (χ1) is 15.4. The van der Waals surface area contributed by atoms with Crippen molar-refractivity contribution in [2.24, 2.45) is 46.3 Å². The van der Waals surface area contributed by atoms with Crippen molar-refractivity contribution in [2.45, 2.75) is 73.3 Å². The number of carboxylic acids is 1. The van der Waals surface area contributed by atoms with Gasteiger partial charge in [-0.05, 0) is 72.8 Å². The van der Waals surface area contributed by atoms with Crippen LogP contribution in [0.5, 0.6) is 0 Å². The number of rotatable bonds is 8. The molecule has 3 aliphatic carbocycles. The topological polar surface area (TPSA) is 91.7 Å². The Morgan fingerprint density at radius 3 is 2.36 bits per heavy atom. The first-order valence-electron chi connectivity index (χ1n) is 12.4. The molecule has 1 fully saturated rings. The minimum atomic E-state index is -1.17. The molecule has 5 nitrogen and oxygen atoms in total. The van der Waals surface area contributed by atoms with E-state index in [-0.39, 0.29) is 11.8 Å². The van der Waals surface area contributed by atoms with E-state index < -0.39 is 34.7 Å². The lowest BCUT2D eigenvalue weighted by molar-refractivity contribution is -0.149. The Kier molecular flexibility index (Phi) is 7.24. The number of aliphatic hydroxyl groups excluding tert-OH is 1. The van der Waals surface area contributed by atoms with Gasteiger partial charge >= 0.3 is 5.97 Å². The molecule has 8 atom stereocenters. The second-order valence-corrected chi connectivity index (χ2v) is 11.4. The van der Waals surface area contributed by atoms with Crippen molar-refractivity contribution in [1.82, 2.24) is 0 Å². The maximum Gasteiger partial charge on any atom is 0.313 e. The molecule has 2 N–H and O–H groups in total. The number of fused-ring (bicyclic) bond motifs is 1. The number of carboxylic acid groups (broad SMARTS) is 1. The van der Waals surface area contributed by atoms with E-state index in [9.17, 15) is 24.6 Å². The Balaban J connectivity index is 2.04. The van der Waals surface area contributed by atoms with Crippen LogP contribution >= 0.6 is 0 Å². The average molecular weight is 457 g/mol. The molecule has 33 heavy (non-hydrogen) atoms. The second-order valence-electron chi connectivity index (χ2n) is 11.4. The second kappa shape index (κ2) is 9.32. The van der Waals surface area contributed by atoms with Crippen molar-refractivity contribution in [3.8, 4) is 0 Å². The van der Waals surface area contributed by atoms with Crippen LogP contribution in [0.15, 0.2) is 34.9 Å². The molecule has 0 amide bonds. The fourth-order valence-electron chi connectivity index (χ4n) is 6.58. The van der Waals surface area contributed by atoms with Crippen molar-refractivity contribution < 1.29 is 24.6 Å². The van der Waals surface area contributed by atoms with Gasteiger partial charge in [-0.3, -0.25) is 9.59 Å².